The van der Waals surface area contributed by atoms with Gasteiger partial charge in [0, 0.05) is 5.92 Å². The number of carbonyl (C=O) groups excluding carboxylic acids is 1. The molecule has 0 aromatic heterocycles. The number of epoxide rings is 1. The molecule has 0 aromatic carbocycles. The van der Waals surface area contributed by atoms with Crippen LogP contribution >= 0.6 is 0 Å². The Labute approximate surface area is 121 Å². The van der Waals surface area contributed by atoms with Crippen LogP contribution in [0, 0.1) is 17.3 Å². The molecule has 0 radical (unpaired) electrons. The third-order valence-corrected chi connectivity index (χ3v) is 6.74. The number of rotatable bonds is 1. The number of hydrogen-bond donors (Lipinski definition) is 2. The standard InChI is InChI=1S/C15H18O6/c1-5(2)6-7-12(16)20-8(6)9-13(3)14(17,4-19-9)10-11(21-10)15(7,13)18/h6-11,17-18H,1,4H2,2-3H3/t6-,7+,8+,9+,10+,11-,13+,14+,15-/m0/s1. The first-order chi connectivity index (χ1) is 9.78. The molecule has 2 aliphatic carbocycles. The molecule has 6 nitrogen and oxygen atoms in total. The van der Waals surface area contributed by atoms with E-state index in [0.29, 0.717) is 0 Å². The van der Waals surface area contributed by atoms with Crippen LogP contribution < -0.4 is 0 Å². The average Bonchev–Trinajstić information content (AvgIpc) is 3.05. The lowest BCUT2D eigenvalue weighted by atomic mass is 9.52. The first-order valence-electron chi connectivity index (χ1n) is 7.36. The van der Waals surface area contributed by atoms with E-state index in [1.165, 1.54) is 0 Å². The molecule has 0 amide bonds. The highest BCUT2D eigenvalue weighted by Gasteiger charge is 2.93. The summed E-state index contributed by atoms with van der Waals surface area (Å²) in [5.41, 5.74) is -2.90. The van der Waals surface area contributed by atoms with Crippen molar-refractivity contribution >= 4 is 5.97 Å². The molecule has 9 atom stereocenters. The van der Waals surface area contributed by atoms with Crippen molar-refractivity contribution < 1.29 is 29.2 Å². The lowest BCUT2D eigenvalue weighted by Crippen LogP contribution is -2.70. The Morgan fingerprint density at radius 1 is 1.33 bits per heavy atom. The van der Waals surface area contributed by atoms with Crippen LogP contribution in [-0.2, 0) is 19.0 Å². The number of ether oxygens (including phenoxy) is 3. The summed E-state index contributed by atoms with van der Waals surface area (Å²) in [4.78, 5) is 12.4. The molecule has 5 rings (SSSR count). The van der Waals surface area contributed by atoms with Crippen molar-refractivity contribution in [2.24, 2.45) is 17.3 Å². The third-order valence-electron chi connectivity index (χ3n) is 6.74. The Morgan fingerprint density at radius 3 is 2.71 bits per heavy atom. The van der Waals surface area contributed by atoms with Crippen molar-refractivity contribution in [2.45, 2.75) is 49.5 Å². The van der Waals surface area contributed by atoms with E-state index in [4.69, 9.17) is 14.2 Å². The van der Waals surface area contributed by atoms with Crippen molar-refractivity contribution in [1.82, 2.24) is 0 Å². The summed E-state index contributed by atoms with van der Waals surface area (Å²) in [5.74, 6) is -1.48. The fraction of sp³-hybridized carbons (Fsp3) is 0.800. The molecule has 0 spiro atoms. The normalized spacial score (nSPS) is 65.8. The summed E-state index contributed by atoms with van der Waals surface area (Å²) in [7, 11) is 0. The minimum Gasteiger partial charge on any atom is -0.459 e. The van der Waals surface area contributed by atoms with Gasteiger partial charge in [0.2, 0.25) is 0 Å². The monoisotopic (exact) mass is 294 g/mol. The minimum atomic E-state index is -1.47. The van der Waals surface area contributed by atoms with Crippen molar-refractivity contribution in [3.05, 3.63) is 12.2 Å². The van der Waals surface area contributed by atoms with Crippen LogP contribution in [0.2, 0.25) is 0 Å². The zero-order valence-corrected chi connectivity index (χ0v) is 11.9. The molecular formula is C15H18O6. The lowest BCUT2D eigenvalue weighted by molar-refractivity contribution is -0.227. The van der Waals surface area contributed by atoms with Crippen LogP contribution in [0.1, 0.15) is 13.8 Å². The quantitative estimate of drug-likeness (QED) is 0.381. The van der Waals surface area contributed by atoms with E-state index in [0.717, 1.165) is 5.57 Å². The predicted molar refractivity (Wildman–Crippen MR) is 68.1 cm³/mol. The van der Waals surface area contributed by atoms with Gasteiger partial charge in [-0.05, 0) is 6.92 Å². The molecule has 3 heterocycles. The van der Waals surface area contributed by atoms with Gasteiger partial charge in [-0.25, -0.2) is 0 Å². The molecule has 5 aliphatic rings. The van der Waals surface area contributed by atoms with Crippen LogP contribution in [0.4, 0.5) is 0 Å². The van der Waals surface area contributed by atoms with Crippen molar-refractivity contribution in [3.8, 4) is 0 Å². The van der Waals surface area contributed by atoms with Gasteiger partial charge in [-0.15, -0.1) is 0 Å². The topological polar surface area (TPSA) is 88.5 Å². The van der Waals surface area contributed by atoms with Gasteiger partial charge in [0.05, 0.1) is 17.9 Å². The van der Waals surface area contributed by atoms with Gasteiger partial charge in [-0.2, -0.15) is 0 Å². The number of hydrogen-bond acceptors (Lipinski definition) is 6. The summed E-state index contributed by atoms with van der Waals surface area (Å²) in [6, 6.07) is 0. The van der Waals surface area contributed by atoms with Gasteiger partial charge < -0.3 is 24.4 Å². The highest BCUT2D eigenvalue weighted by atomic mass is 16.7. The number of aliphatic hydroxyl groups is 2. The van der Waals surface area contributed by atoms with Crippen LogP contribution in [0.25, 0.3) is 0 Å². The van der Waals surface area contributed by atoms with E-state index in [2.05, 4.69) is 6.58 Å². The molecule has 3 saturated heterocycles. The maximum atomic E-state index is 12.4. The highest BCUT2D eigenvalue weighted by Crippen LogP contribution is 2.74. The molecule has 3 aliphatic heterocycles. The molecule has 2 bridgehead atoms. The Kier molecular flexibility index (Phi) is 1.83. The number of fused-ring (bicyclic) bond motifs is 7. The molecule has 114 valence electrons. The maximum Gasteiger partial charge on any atom is 0.313 e. The average molecular weight is 294 g/mol. The van der Waals surface area contributed by atoms with E-state index >= 15 is 0 Å². The fourth-order valence-electron chi connectivity index (χ4n) is 5.65. The summed E-state index contributed by atoms with van der Waals surface area (Å²) in [6.45, 7) is 7.69. The van der Waals surface area contributed by atoms with E-state index in [1.807, 2.05) is 6.92 Å². The largest absolute Gasteiger partial charge is 0.459 e. The Balaban J connectivity index is 1.79. The van der Waals surface area contributed by atoms with Crippen molar-refractivity contribution in [3.63, 3.8) is 0 Å². The van der Waals surface area contributed by atoms with Crippen molar-refractivity contribution in [1.29, 1.82) is 0 Å². The van der Waals surface area contributed by atoms with E-state index < -0.39 is 52.9 Å². The SMILES string of the molecule is C=C(C)[C@@H]1[C@H]2OC(=O)[C@@H]1[C@]1(O)[C@H]3O[C@H]3[C@]3(O)CO[C@H]2[C@@]13C. The smallest absolute Gasteiger partial charge is 0.313 e. The highest BCUT2D eigenvalue weighted by molar-refractivity contribution is 5.80. The summed E-state index contributed by atoms with van der Waals surface area (Å²) >= 11 is 0. The summed E-state index contributed by atoms with van der Waals surface area (Å²) in [6.07, 6.45) is -2.02. The van der Waals surface area contributed by atoms with Crippen LogP contribution in [0.15, 0.2) is 12.2 Å². The minimum absolute atomic E-state index is 0.0985. The van der Waals surface area contributed by atoms with E-state index in [9.17, 15) is 15.0 Å². The summed E-state index contributed by atoms with van der Waals surface area (Å²) in [5, 5.41) is 22.5. The van der Waals surface area contributed by atoms with Gasteiger partial charge in [0.15, 0.2) is 0 Å². The molecule has 5 fully saturated rings. The Hall–Kier alpha value is -0.950. The Morgan fingerprint density at radius 2 is 2.05 bits per heavy atom. The van der Waals surface area contributed by atoms with Crippen LogP contribution in [-0.4, -0.2) is 58.4 Å². The first-order valence-corrected chi connectivity index (χ1v) is 7.36. The molecular weight excluding hydrogens is 276 g/mol. The molecule has 21 heavy (non-hydrogen) atoms. The first kappa shape index (κ1) is 12.6. The Bertz CT molecular complexity index is 603. The fourth-order valence-corrected chi connectivity index (χ4v) is 5.65. The molecule has 2 N–H and O–H groups in total. The number of esters is 1. The van der Waals surface area contributed by atoms with Gasteiger partial charge in [0.1, 0.15) is 35.6 Å². The molecule has 6 heteroatoms. The molecule has 2 saturated carbocycles. The molecule has 0 unspecified atom stereocenters. The second-order valence-electron chi connectivity index (χ2n) is 7.41. The predicted octanol–water partition coefficient (Wildman–Crippen LogP) is -0.618. The molecule has 0 aromatic rings. The van der Waals surface area contributed by atoms with Gasteiger partial charge >= 0.3 is 5.97 Å². The van der Waals surface area contributed by atoms with Gasteiger partial charge in [0.25, 0.3) is 0 Å². The number of carbonyl (C=O) groups is 1. The van der Waals surface area contributed by atoms with E-state index in [1.54, 1.807) is 6.92 Å². The second kappa shape index (κ2) is 3.06. The zero-order chi connectivity index (χ0) is 14.9. The van der Waals surface area contributed by atoms with Gasteiger partial charge in [-0.3, -0.25) is 4.79 Å². The second-order valence-corrected chi connectivity index (χ2v) is 7.41. The van der Waals surface area contributed by atoms with Crippen LogP contribution in [0.5, 0.6) is 0 Å². The summed E-state index contributed by atoms with van der Waals surface area (Å²) < 4.78 is 16.9. The van der Waals surface area contributed by atoms with Crippen LogP contribution in [0.3, 0.4) is 0 Å². The lowest BCUT2D eigenvalue weighted by Gasteiger charge is -2.53. The van der Waals surface area contributed by atoms with E-state index in [-0.39, 0.29) is 12.5 Å². The van der Waals surface area contributed by atoms with Gasteiger partial charge in [-0.1, -0.05) is 19.1 Å². The maximum absolute atomic E-state index is 12.4. The van der Waals surface area contributed by atoms with Crippen molar-refractivity contribution in [2.75, 3.05) is 6.61 Å². The zero-order valence-electron chi connectivity index (χ0n) is 11.9. The third kappa shape index (κ3) is 0.933.